The lowest BCUT2D eigenvalue weighted by Crippen LogP contribution is -2.38. The quantitative estimate of drug-likeness (QED) is 0.784. The average Bonchev–Trinajstić information content (AvgIpc) is 2.74. The highest BCUT2D eigenvalue weighted by Gasteiger charge is 2.23. The third kappa shape index (κ3) is 5.44. The van der Waals surface area contributed by atoms with Crippen LogP contribution in [0.2, 0.25) is 0 Å². The maximum Gasteiger partial charge on any atom is 0.251 e. The van der Waals surface area contributed by atoms with Crippen LogP contribution >= 0.6 is 0 Å². The summed E-state index contributed by atoms with van der Waals surface area (Å²) in [5.41, 5.74) is 2.21. The number of benzene rings is 1. The summed E-state index contributed by atoms with van der Waals surface area (Å²) >= 11 is 0. The van der Waals surface area contributed by atoms with Gasteiger partial charge in [-0.25, -0.2) is 4.98 Å². The molecule has 152 valence electrons. The van der Waals surface area contributed by atoms with Gasteiger partial charge in [-0.1, -0.05) is 0 Å². The highest BCUT2D eigenvalue weighted by Crippen LogP contribution is 2.25. The molecule has 3 rings (SSSR count). The first kappa shape index (κ1) is 20.6. The van der Waals surface area contributed by atoms with E-state index in [4.69, 9.17) is 5.26 Å². The van der Waals surface area contributed by atoms with E-state index >= 15 is 0 Å². The second kappa shape index (κ2) is 9.37. The molecule has 1 saturated carbocycles. The molecule has 1 fully saturated rings. The summed E-state index contributed by atoms with van der Waals surface area (Å²) < 4.78 is 0. The fraction of sp³-hybridized carbons (Fsp3) is 0.455. The molecule has 0 aliphatic heterocycles. The SMILES string of the molecule is Cc1cnc(NC[C@H]2CC[C@@H](NC(=O)c3ccc(C#N)cc3)CC2)nc1N(C)C. The third-order valence-corrected chi connectivity index (χ3v) is 5.38. The number of hydrogen-bond donors (Lipinski definition) is 2. The smallest absolute Gasteiger partial charge is 0.251 e. The fourth-order valence-corrected chi connectivity index (χ4v) is 3.68. The molecular formula is C22H28N6O. The van der Waals surface area contributed by atoms with Crippen LogP contribution in [0.3, 0.4) is 0 Å². The molecule has 0 bridgehead atoms. The molecule has 0 spiro atoms. The normalized spacial score (nSPS) is 18.6. The summed E-state index contributed by atoms with van der Waals surface area (Å²) in [6.45, 7) is 2.85. The zero-order chi connectivity index (χ0) is 20.8. The Labute approximate surface area is 172 Å². The molecule has 7 nitrogen and oxygen atoms in total. The molecule has 7 heteroatoms. The molecule has 1 amide bonds. The van der Waals surface area contributed by atoms with E-state index in [0.29, 0.717) is 23.0 Å². The van der Waals surface area contributed by atoms with Crippen LogP contribution in [0.4, 0.5) is 11.8 Å². The highest BCUT2D eigenvalue weighted by molar-refractivity contribution is 5.94. The molecule has 0 saturated heterocycles. The first-order chi connectivity index (χ1) is 14.0. The zero-order valence-electron chi connectivity index (χ0n) is 17.3. The molecule has 0 radical (unpaired) electrons. The van der Waals surface area contributed by atoms with Crippen molar-refractivity contribution in [2.24, 2.45) is 5.92 Å². The molecule has 0 atom stereocenters. The van der Waals surface area contributed by atoms with Crippen molar-refractivity contribution >= 4 is 17.7 Å². The molecule has 1 aromatic heterocycles. The molecule has 2 N–H and O–H groups in total. The largest absolute Gasteiger partial charge is 0.362 e. The molecule has 1 aromatic carbocycles. The highest BCUT2D eigenvalue weighted by atomic mass is 16.1. The minimum Gasteiger partial charge on any atom is -0.362 e. The van der Waals surface area contributed by atoms with Crippen LogP contribution in [0.1, 0.15) is 47.2 Å². The van der Waals surface area contributed by atoms with Gasteiger partial charge >= 0.3 is 0 Å². The van der Waals surface area contributed by atoms with Gasteiger partial charge in [0.1, 0.15) is 5.82 Å². The summed E-state index contributed by atoms with van der Waals surface area (Å²) in [5.74, 6) is 2.07. The van der Waals surface area contributed by atoms with Crippen molar-refractivity contribution < 1.29 is 4.79 Å². The van der Waals surface area contributed by atoms with E-state index < -0.39 is 0 Å². The first-order valence-electron chi connectivity index (χ1n) is 10.0. The predicted molar refractivity (Wildman–Crippen MR) is 114 cm³/mol. The van der Waals surface area contributed by atoms with E-state index in [1.54, 1.807) is 24.3 Å². The van der Waals surface area contributed by atoms with E-state index in [9.17, 15) is 4.79 Å². The van der Waals surface area contributed by atoms with E-state index in [1.807, 2.05) is 32.1 Å². The van der Waals surface area contributed by atoms with Gasteiger partial charge in [0, 0.05) is 44.0 Å². The van der Waals surface area contributed by atoms with Crippen molar-refractivity contribution in [3.8, 4) is 6.07 Å². The second-order valence-electron chi connectivity index (χ2n) is 7.86. The Morgan fingerprint density at radius 1 is 1.21 bits per heavy atom. The van der Waals surface area contributed by atoms with Gasteiger partial charge in [0.2, 0.25) is 5.95 Å². The maximum absolute atomic E-state index is 12.4. The number of hydrogen-bond acceptors (Lipinski definition) is 6. The van der Waals surface area contributed by atoms with Crippen LogP contribution < -0.4 is 15.5 Å². The van der Waals surface area contributed by atoms with Gasteiger partial charge in [-0.3, -0.25) is 4.79 Å². The summed E-state index contributed by atoms with van der Waals surface area (Å²) in [4.78, 5) is 23.3. The topological polar surface area (TPSA) is 93.9 Å². The number of amides is 1. The first-order valence-corrected chi connectivity index (χ1v) is 10.0. The van der Waals surface area contributed by atoms with Gasteiger partial charge in [0.25, 0.3) is 5.91 Å². The van der Waals surface area contributed by atoms with Crippen LogP contribution in [0, 0.1) is 24.2 Å². The summed E-state index contributed by atoms with van der Waals surface area (Å²) in [6.07, 6.45) is 5.88. The van der Waals surface area contributed by atoms with Gasteiger partial charge in [0.15, 0.2) is 0 Å². The number of nitrogens with one attached hydrogen (secondary N) is 2. The minimum atomic E-state index is -0.0691. The van der Waals surface area contributed by atoms with Crippen LogP contribution in [0.25, 0.3) is 0 Å². The Bertz CT molecular complexity index is 879. The maximum atomic E-state index is 12.4. The van der Waals surface area contributed by atoms with E-state index in [0.717, 1.165) is 43.6 Å². The second-order valence-corrected chi connectivity index (χ2v) is 7.86. The third-order valence-electron chi connectivity index (χ3n) is 5.38. The number of carbonyl (C=O) groups excluding carboxylic acids is 1. The van der Waals surface area contributed by atoms with Gasteiger partial charge in [-0.15, -0.1) is 0 Å². The molecule has 1 aliphatic rings. The van der Waals surface area contributed by atoms with Gasteiger partial charge < -0.3 is 15.5 Å². The molecular weight excluding hydrogens is 364 g/mol. The molecule has 29 heavy (non-hydrogen) atoms. The Kier molecular flexibility index (Phi) is 6.65. The van der Waals surface area contributed by atoms with E-state index in [2.05, 4.69) is 26.7 Å². The van der Waals surface area contributed by atoms with Crippen molar-refractivity contribution in [3.63, 3.8) is 0 Å². The molecule has 1 aliphatic carbocycles. The monoisotopic (exact) mass is 392 g/mol. The van der Waals surface area contributed by atoms with Crippen LogP contribution in [-0.2, 0) is 0 Å². The Morgan fingerprint density at radius 2 is 1.90 bits per heavy atom. The Balaban J connectivity index is 1.45. The van der Waals surface area contributed by atoms with Gasteiger partial charge in [0.05, 0.1) is 11.6 Å². The lowest BCUT2D eigenvalue weighted by Gasteiger charge is -2.29. The van der Waals surface area contributed by atoms with E-state index in [1.165, 1.54) is 0 Å². The Hall–Kier alpha value is -3.14. The Morgan fingerprint density at radius 3 is 2.52 bits per heavy atom. The molecule has 2 aromatic rings. The fourth-order valence-electron chi connectivity index (χ4n) is 3.68. The lowest BCUT2D eigenvalue weighted by atomic mass is 9.86. The zero-order valence-corrected chi connectivity index (χ0v) is 17.3. The summed E-state index contributed by atoms with van der Waals surface area (Å²) in [7, 11) is 3.96. The number of aromatic nitrogens is 2. The van der Waals surface area contributed by atoms with Crippen molar-refractivity contribution in [1.82, 2.24) is 15.3 Å². The number of rotatable bonds is 6. The van der Waals surface area contributed by atoms with Crippen molar-refractivity contribution in [2.75, 3.05) is 30.9 Å². The number of nitriles is 1. The minimum absolute atomic E-state index is 0.0691. The number of nitrogens with zero attached hydrogens (tertiary/aromatic N) is 4. The molecule has 0 unspecified atom stereocenters. The number of carbonyl (C=O) groups is 1. The van der Waals surface area contributed by atoms with Crippen molar-refractivity contribution in [3.05, 3.63) is 47.2 Å². The summed E-state index contributed by atoms with van der Waals surface area (Å²) in [5, 5.41) is 15.3. The van der Waals surface area contributed by atoms with Crippen molar-refractivity contribution in [2.45, 2.75) is 38.6 Å². The molecule has 1 heterocycles. The van der Waals surface area contributed by atoms with Crippen LogP contribution in [0.5, 0.6) is 0 Å². The van der Waals surface area contributed by atoms with Crippen molar-refractivity contribution in [1.29, 1.82) is 5.26 Å². The van der Waals surface area contributed by atoms with Crippen LogP contribution in [0.15, 0.2) is 30.5 Å². The van der Waals surface area contributed by atoms with Gasteiger partial charge in [-0.2, -0.15) is 10.2 Å². The lowest BCUT2D eigenvalue weighted by molar-refractivity contribution is 0.0922. The van der Waals surface area contributed by atoms with Crippen LogP contribution in [-0.4, -0.2) is 42.6 Å². The number of anilines is 2. The predicted octanol–water partition coefficient (Wildman–Crippen LogP) is 3.12. The van der Waals surface area contributed by atoms with E-state index in [-0.39, 0.29) is 11.9 Å². The standard InChI is InChI=1S/C22H28N6O/c1-15-13-24-22(27-20(15)28(2)3)25-14-17-6-10-19(11-7-17)26-21(29)18-8-4-16(12-23)5-9-18/h4-5,8-9,13,17,19H,6-7,10-11,14H2,1-3H3,(H,26,29)(H,24,25,27)/t17-,19+. The summed E-state index contributed by atoms with van der Waals surface area (Å²) in [6, 6.07) is 9.01. The average molecular weight is 393 g/mol. The number of aryl methyl sites for hydroxylation is 1. The van der Waals surface area contributed by atoms with Gasteiger partial charge in [-0.05, 0) is 62.8 Å².